The second kappa shape index (κ2) is 5.42. The molecule has 1 amide bonds. The van der Waals surface area contributed by atoms with Crippen molar-refractivity contribution in [2.45, 2.75) is 0 Å². The summed E-state index contributed by atoms with van der Waals surface area (Å²) in [5, 5.41) is 17.7. The minimum Gasteiger partial charge on any atom is -0.387 e. The lowest BCUT2D eigenvalue weighted by atomic mass is 10.3. The lowest BCUT2D eigenvalue weighted by Gasteiger charge is -2.35. The van der Waals surface area contributed by atoms with Gasteiger partial charge in [-0.25, -0.2) is 9.97 Å². The van der Waals surface area contributed by atoms with Crippen molar-refractivity contribution in [3.63, 3.8) is 0 Å². The third-order valence-corrected chi connectivity index (χ3v) is 2.85. The van der Waals surface area contributed by atoms with E-state index in [2.05, 4.69) is 9.97 Å². The summed E-state index contributed by atoms with van der Waals surface area (Å²) in [6.07, 6.45) is 3.02. The van der Waals surface area contributed by atoms with Crippen molar-refractivity contribution >= 4 is 11.7 Å². The van der Waals surface area contributed by atoms with Crippen LogP contribution >= 0.6 is 0 Å². The normalized spacial score (nSPS) is 15.3. The molecule has 0 atom stereocenters. The molecule has 0 saturated carbocycles. The maximum atomic E-state index is 11.3. The van der Waals surface area contributed by atoms with Gasteiger partial charge in [0.25, 0.3) is 0 Å². The first kappa shape index (κ1) is 12.3. The molecule has 2 heterocycles. The fourth-order valence-corrected chi connectivity index (χ4v) is 1.91. The molecular weight excluding hydrogens is 234 g/mol. The molecule has 7 nitrogen and oxygen atoms in total. The molecule has 1 aromatic rings. The van der Waals surface area contributed by atoms with E-state index in [-0.39, 0.29) is 5.91 Å². The molecule has 0 spiro atoms. The monoisotopic (exact) mass is 247 g/mol. The van der Waals surface area contributed by atoms with E-state index >= 15 is 0 Å². The van der Waals surface area contributed by atoms with E-state index in [1.54, 1.807) is 11.1 Å². The highest BCUT2D eigenvalue weighted by atomic mass is 16.3. The number of carbonyl (C=O) groups excluding carboxylic acids is 1. The predicted molar refractivity (Wildman–Crippen MR) is 62.6 cm³/mol. The van der Waals surface area contributed by atoms with Crippen LogP contribution in [0, 0.1) is 11.3 Å². The van der Waals surface area contributed by atoms with E-state index in [0.29, 0.717) is 37.7 Å². The Labute approximate surface area is 104 Å². The van der Waals surface area contributed by atoms with Crippen LogP contribution in [0.3, 0.4) is 0 Å². The average molecular weight is 247 g/mol. The molecule has 1 fully saturated rings. The Bertz CT molecular complexity index is 477. The van der Waals surface area contributed by atoms with Crippen LogP contribution in [0.1, 0.15) is 5.69 Å². The fourth-order valence-electron chi connectivity index (χ4n) is 1.91. The van der Waals surface area contributed by atoms with Gasteiger partial charge in [-0.3, -0.25) is 4.79 Å². The minimum absolute atomic E-state index is 0.269. The third kappa shape index (κ3) is 2.38. The van der Waals surface area contributed by atoms with Crippen LogP contribution in [0.2, 0.25) is 0 Å². The third-order valence-electron chi connectivity index (χ3n) is 2.85. The zero-order valence-corrected chi connectivity index (χ0v) is 9.78. The number of carbonyl (C=O) groups is 1. The topological polar surface area (TPSA) is 93.4 Å². The molecule has 0 unspecified atom stereocenters. The first-order chi connectivity index (χ1) is 8.76. The summed E-state index contributed by atoms with van der Waals surface area (Å²) in [7, 11) is 0. The van der Waals surface area contributed by atoms with Crippen LogP contribution in [0.15, 0.2) is 12.4 Å². The standard InChI is InChI=1S/C11H13N5O2/c12-7-9-11(14-2-1-13-9)16-5-3-15(4-6-16)10(18)8-17/h1-2,17H,3-6,8H2. The summed E-state index contributed by atoms with van der Waals surface area (Å²) < 4.78 is 0. The first-order valence-electron chi connectivity index (χ1n) is 5.61. The maximum Gasteiger partial charge on any atom is 0.248 e. The summed E-state index contributed by atoms with van der Waals surface area (Å²) in [5.41, 5.74) is 0.291. The van der Waals surface area contributed by atoms with Gasteiger partial charge < -0.3 is 14.9 Å². The number of amides is 1. The number of hydrogen-bond acceptors (Lipinski definition) is 6. The summed E-state index contributed by atoms with van der Waals surface area (Å²) >= 11 is 0. The largest absolute Gasteiger partial charge is 0.387 e. The Morgan fingerprint density at radius 2 is 2.00 bits per heavy atom. The SMILES string of the molecule is N#Cc1nccnc1N1CCN(C(=O)CO)CC1. The zero-order valence-electron chi connectivity index (χ0n) is 9.78. The van der Waals surface area contributed by atoms with Crippen LogP contribution in [-0.4, -0.2) is 58.7 Å². The number of nitrogens with zero attached hydrogens (tertiary/aromatic N) is 5. The Morgan fingerprint density at radius 3 is 2.61 bits per heavy atom. The molecule has 7 heteroatoms. The molecule has 1 aromatic heterocycles. The lowest BCUT2D eigenvalue weighted by molar-refractivity contribution is -0.134. The number of rotatable bonds is 2. The number of hydrogen-bond donors (Lipinski definition) is 1. The number of nitriles is 1. The van der Waals surface area contributed by atoms with Gasteiger partial charge in [0.1, 0.15) is 12.7 Å². The van der Waals surface area contributed by atoms with Gasteiger partial charge in [0, 0.05) is 38.6 Å². The molecule has 0 aromatic carbocycles. The zero-order chi connectivity index (χ0) is 13.0. The van der Waals surface area contributed by atoms with E-state index in [9.17, 15) is 4.79 Å². The molecule has 94 valence electrons. The fraction of sp³-hybridized carbons (Fsp3) is 0.455. The van der Waals surface area contributed by atoms with Gasteiger partial charge in [-0.15, -0.1) is 0 Å². The molecule has 0 bridgehead atoms. The summed E-state index contributed by atoms with van der Waals surface area (Å²) in [4.78, 5) is 22.9. The van der Waals surface area contributed by atoms with E-state index in [0.717, 1.165) is 0 Å². The van der Waals surface area contributed by atoms with Gasteiger partial charge in [0.05, 0.1) is 0 Å². The van der Waals surface area contributed by atoms with E-state index in [1.165, 1.54) is 6.20 Å². The van der Waals surface area contributed by atoms with Gasteiger partial charge in [-0.05, 0) is 0 Å². The Morgan fingerprint density at radius 1 is 1.33 bits per heavy atom. The van der Waals surface area contributed by atoms with Crippen LogP contribution in [0.5, 0.6) is 0 Å². The molecule has 2 rings (SSSR count). The van der Waals surface area contributed by atoms with Crippen LogP contribution in [0.4, 0.5) is 5.82 Å². The number of aliphatic hydroxyl groups excluding tert-OH is 1. The average Bonchev–Trinajstić information content (AvgIpc) is 2.46. The number of piperazine rings is 1. The van der Waals surface area contributed by atoms with Crippen molar-refractivity contribution in [2.75, 3.05) is 37.7 Å². The lowest BCUT2D eigenvalue weighted by Crippen LogP contribution is -2.50. The predicted octanol–water partition coefficient (Wildman–Crippen LogP) is -1.01. The number of aromatic nitrogens is 2. The van der Waals surface area contributed by atoms with Crippen molar-refractivity contribution < 1.29 is 9.90 Å². The van der Waals surface area contributed by atoms with Crippen LogP contribution in [0.25, 0.3) is 0 Å². The van der Waals surface area contributed by atoms with Gasteiger partial charge >= 0.3 is 0 Å². The highest BCUT2D eigenvalue weighted by molar-refractivity contribution is 5.77. The van der Waals surface area contributed by atoms with Gasteiger partial charge in [0.15, 0.2) is 11.5 Å². The Hall–Kier alpha value is -2.20. The molecule has 1 aliphatic heterocycles. The Kier molecular flexibility index (Phi) is 3.69. The molecule has 1 saturated heterocycles. The molecule has 0 radical (unpaired) electrons. The summed E-state index contributed by atoms with van der Waals surface area (Å²) in [6.45, 7) is 1.73. The van der Waals surface area contributed by atoms with Crippen molar-refractivity contribution in [1.82, 2.24) is 14.9 Å². The quantitative estimate of drug-likeness (QED) is 0.719. The number of aliphatic hydroxyl groups is 1. The summed E-state index contributed by atoms with van der Waals surface area (Å²) in [5.74, 6) is 0.283. The molecular formula is C11H13N5O2. The first-order valence-corrected chi connectivity index (χ1v) is 5.61. The molecule has 0 aliphatic carbocycles. The van der Waals surface area contributed by atoms with Crippen LogP contribution in [-0.2, 0) is 4.79 Å². The minimum atomic E-state index is -0.464. The molecule has 1 aliphatic rings. The van der Waals surface area contributed by atoms with Crippen molar-refractivity contribution in [1.29, 1.82) is 5.26 Å². The molecule has 18 heavy (non-hydrogen) atoms. The molecule has 1 N–H and O–H groups in total. The van der Waals surface area contributed by atoms with Gasteiger partial charge in [-0.1, -0.05) is 0 Å². The van der Waals surface area contributed by atoms with Crippen LogP contribution < -0.4 is 4.90 Å². The highest BCUT2D eigenvalue weighted by Gasteiger charge is 2.23. The van der Waals surface area contributed by atoms with E-state index < -0.39 is 6.61 Å². The number of anilines is 1. The van der Waals surface area contributed by atoms with Gasteiger partial charge in [0.2, 0.25) is 5.91 Å². The van der Waals surface area contributed by atoms with E-state index in [4.69, 9.17) is 10.4 Å². The maximum absolute atomic E-state index is 11.3. The summed E-state index contributed by atoms with van der Waals surface area (Å²) in [6, 6.07) is 2.00. The smallest absolute Gasteiger partial charge is 0.248 e. The second-order valence-corrected chi connectivity index (χ2v) is 3.87. The van der Waals surface area contributed by atoms with Crippen molar-refractivity contribution in [2.24, 2.45) is 0 Å². The van der Waals surface area contributed by atoms with Crippen molar-refractivity contribution in [3.8, 4) is 6.07 Å². The highest BCUT2D eigenvalue weighted by Crippen LogP contribution is 2.16. The Balaban J connectivity index is 2.06. The second-order valence-electron chi connectivity index (χ2n) is 3.87. The van der Waals surface area contributed by atoms with Gasteiger partial charge in [-0.2, -0.15) is 5.26 Å². The van der Waals surface area contributed by atoms with Crippen molar-refractivity contribution in [3.05, 3.63) is 18.1 Å². The van der Waals surface area contributed by atoms with E-state index in [1.807, 2.05) is 11.0 Å².